The standard InChI is InChI=1S/C23H29N3O2S/c1-6-28-19-10-11-20-21(15-19)29-23(24-20)26(13-7-12-25(4)5)22(27)18-9-8-16(2)17(3)14-18/h8-11,14-15H,6-7,12-13H2,1-5H3. The summed E-state index contributed by atoms with van der Waals surface area (Å²) in [5.74, 6) is 0.825. The summed E-state index contributed by atoms with van der Waals surface area (Å²) in [4.78, 5) is 22.1. The zero-order chi connectivity index (χ0) is 21.0. The van der Waals surface area contributed by atoms with Gasteiger partial charge >= 0.3 is 0 Å². The molecule has 1 amide bonds. The molecule has 0 saturated heterocycles. The predicted octanol–water partition coefficient (Wildman–Crippen LogP) is 4.91. The van der Waals surface area contributed by atoms with Gasteiger partial charge in [-0.15, -0.1) is 0 Å². The van der Waals surface area contributed by atoms with Crippen molar-refractivity contribution in [2.45, 2.75) is 27.2 Å². The van der Waals surface area contributed by atoms with Crippen molar-refractivity contribution in [1.82, 2.24) is 9.88 Å². The maximum atomic E-state index is 13.4. The Morgan fingerprint density at radius 2 is 1.86 bits per heavy atom. The van der Waals surface area contributed by atoms with Crippen molar-refractivity contribution in [3.8, 4) is 5.75 Å². The predicted molar refractivity (Wildman–Crippen MR) is 122 cm³/mol. The van der Waals surface area contributed by atoms with Crippen LogP contribution < -0.4 is 9.64 Å². The molecule has 0 aliphatic rings. The largest absolute Gasteiger partial charge is 0.494 e. The number of aromatic nitrogens is 1. The normalized spacial score (nSPS) is 11.2. The van der Waals surface area contributed by atoms with Crippen LogP contribution in [0.2, 0.25) is 0 Å². The van der Waals surface area contributed by atoms with Crippen molar-refractivity contribution < 1.29 is 9.53 Å². The molecule has 29 heavy (non-hydrogen) atoms. The molecule has 0 radical (unpaired) electrons. The van der Waals surface area contributed by atoms with Crippen LogP contribution in [0.25, 0.3) is 10.2 Å². The second-order valence-electron chi connectivity index (χ2n) is 7.47. The van der Waals surface area contributed by atoms with E-state index in [4.69, 9.17) is 9.72 Å². The molecule has 3 rings (SSSR count). The Balaban J connectivity index is 1.94. The summed E-state index contributed by atoms with van der Waals surface area (Å²) in [6, 6.07) is 11.8. The second-order valence-corrected chi connectivity index (χ2v) is 8.48. The second kappa shape index (κ2) is 9.37. The molecule has 3 aromatic rings. The molecule has 0 aliphatic carbocycles. The summed E-state index contributed by atoms with van der Waals surface area (Å²) in [6.07, 6.45) is 0.879. The van der Waals surface area contributed by atoms with Gasteiger partial charge in [-0.05, 0) is 89.3 Å². The van der Waals surface area contributed by atoms with E-state index >= 15 is 0 Å². The Morgan fingerprint density at radius 1 is 1.07 bits per heavy atom. The van der Waals surface area contributed by atoms with Crippen LogP contribution in [0.3, 0.4) is 0 Å². The first-order chi connectivity index (χ1) is 13.9. The van der Waals surface area contributed by atoms with Crippen molar-refractivity contribution in [1.29, 1.82) is 0 Å². The highest BCUT2D eigenvalue weighted by Gasteiger charge is 2.21. The number of fused-ring (bicyclic) bond motifs is 1. The first-order valence-corrected chi connectivity index (χ1v) is 10.8. The molecule has 0 fully saturated rings. The van der Waals surface area contributed by atoms with E-state index in [1.165, 1.54) is 16.9 Å². The van der Waals surface area contributed by atoms with Gasteiger partial charge in [0.15, 0.2) is 5.13 Å². The van der Waals surface area contributed by atoms with Crippen molar-refractivity contribution >= 4 is 32.6 Å². The smallest absolute Gasteiger partial charge is 0.260 e. The van der Waals surface area contributed by atoms with Gasteiger partial charge in [0, 0.05) is 12.1 Å². The molecule has 6 heteroatoms. The Bertz CT molecular complexity index is 997. The number of ether oxygens (including phenoxy) is 1. The summed E-state index contributed by atoms with van der Waals surface area (Å²) in [5.41, 5.74) is 3.89. The van der Waals surface area contributed by atoms with E-state index in [1.807, 2.05) is 69.2 Å². The van der Waals surface area contributed by atoms with Gasteiger partial charge in [0.1, 0.15) is 5.75 Å². The maximum absolute atomic E-state index is 13.4. The molecule has 0 saturated carbocycles. The fraction of sp³-hybridized carbons (Fsp3) is 0.391. The van der Waals surface area contributed by atoms with Gasteiger partial charge in [0.05, 0.1) is 16.8 Å². The van der Waals surface area contributed by atoms with Crippen LogP contribution in [0, 0.1) is 13.8 Å². The van der Waals surface area contributed by atoms with Gasteiger partial charge < -0.3 is 9.64 Å². The van der Waals surface area contributed by atoms with E-state index in [0.717, 1.165) is 39.6 Å². The number of benzene rings is 2. The maximum Gasteiger partial charge on any atom is 0.260 e. The number of aryl methyl sites for hydroxylation is 2. The summed E-state index contributed by atoms with van der Waals surface area (Å²) in [5, 5.41) is 0.732. The topological polar surface area (TPSA) is 45.7 Å². The minimum Gasteiger partial charge on any atom is -0.494 e. The molecular formula is C23H29N3O2S. The van der Waals surface area contributed by atoms with Gasteiger partial charge in [-0.25, -0.2) is 4.98 Å². The van der Waals surface area contributed by atoms with Crippen molar-refractivity contribution in [3.05, 3.63) is 53.1 Å². The fourth-order valence-electron chi connectivity index (χ4n) is 3.12. The monoisotopic (exact) mass is 411 g/mol. The van der Waals surface area contributed by atoms with Gasteiger partial charge in [-0.1, -0.05) is 17.4 Å². The van der Waals surface area contributed by atoms with Crippen LogP contribution in [0.4, 0.5) is 5.13 Å². The third kappa shape index (κ3) is 5.14. The molecule has 0 unspecified atom stereocenters. The number of carbonyl (C=O) groups excluding carboxylic acids is 1. The Hall–Kier alpha value is -2.44. The third-order valence-electron chi connectivity index (χ3n) is 4.88. The van der Waals surface area contributed by atoms with Gasteiger partial charge in [0.25, 0.3) is 5.91 Å². The Kier molecular flexibility index (Phi) is 6.87. The molecule has 0 atom stereocenters. The molecule has 1 heterocycles. The summed E-state index contributed by atoms with van der Waals surface area (Å²) < 4.78 is 6.63. The molecule has 5 nitrogen and oxygen atoms in total. The average Bonchev–Trinajstić information content (AvgIpc) is 3.10. The van der Waals surface area contributed by atoms with Crippen LogP contribution in [-0.2, 0) is 0 Å². The number of hydrogen-bond donors (Lipinski definition) is 0. The molecule has 0 N–H and O–H groups in total. The van der Waals surface area contributed by atoms with Gasteiger partial charge in [-0.2, -0.15) is 0 Å². The summed E-state index contributed by atoms with van der Waals surface area (Å²) in [7, 11) is 4.09. The van der Waals surface area contributed by atoms with Crippen LogP contribution >= 0.6 is 11.3 Å². The molecular weight excluding hydrogens is 382 g/mol. The minimum absolute atomic E-state index is 0.00376. The van der Waals surface area contributed by atoms with Crippen molar-refractivity contribution in [3.63, 3.8) is 0 Å². The number of nitrogens with zero attached hydrogens (tertiary/aromatic N) is 3. The summed E-state index contributed by atoms with van der Waals surface area (Å²) in [6.45, 7) is 8.23. The first kappa shape index (κ1) is 21.3. The van der Waals surface area contributed by atoms with E-state index in [9.17, 15) is 4.79 Å². The number of anilines is 1. The zero-order valence-electron chi connectivity index (χ0n) is 17.9. The third-order valence-corrected chi connectivity index (χ3v) is 5.92. The molecule has 1 aromatic heterocycles. The highest BCUT2D eigenvalue weighted by molar-refractivity contribution is 7.22. The lowest BCUT2D eigenvalue weighted by Crippen LogP contribution is -2.33. The highest BCUT2D eigenvalue weighted by Crippen LogP contribution is 2.32. The lowest BCUT2D eigenvalue weighted by Gasteiger charge is -2.21. The van der Waals surface area contributed by atoms with E-state index in [1.54, 1.807) is 0 Å². The summed E-state index contributed by atoms with van der Waals surface area (Å²) >= 11 is 1.53. The quantitative estimate of drug-likeness (QED) is 0.528. The number of carbonyl (C=O) groups is 1. The van der Waals surface area contributed by atoms with E-state index < -0.39 is 0 Å². The lowest BCUT2D eigenvalue weighted by atomic mass is 10.1. The Morgan fingerprint density at radius 3 is 2.55 bits per heavy atom. The molecule has 154 valence electrons. The molecule has 0 spiro atoms. The zero-order valence-corrected chi connectivity index (χ0v) is 18.7. The SMILES string of the molecule is CCOc1ccc2nc(N(CCCN(C)C)C(=O)c3ccc(C)c(C)c3)sc2c1. The van der Waals surface area contributed by atoms with E-state index in [-0.39, 0.29) is 5.91 Å². The average molecular weight is 412 g/mol. The van der Waals surface area contributed by atoms with E-state index in [2.05, 4.69) is 11.8 Å². The van der Waals surface area contributed by atoms with Gasteiger partial charge in [-0.3, -0.25) is 9.69 Å². The number of amides is 1. The highest BCUT2D eigenvalue weighted by atomic mass is 32.1. The van der Waals surface area contributed by atoms with Crippen LogP contribution in [-0.4, -0.2) is 49.6 Å². The Labute approximate surface area is 176 Å². The number of thiazole rings is 1. The minimum atomic E-state index is -0.00376. The lowest BCUT2D eigenvalue weighted by molar-refractivity contribution is 0.0986. The van der Waals surface area contributed by atoms with Crippen molar-refractivity contribution in [2.75, 3.05) is 38.7 Å². The van der Waals surface area contributed by atoms with Crippen LogP contribution in [0.5, 0.6) is 5.75 Å². The fourth-order valence-corrected chi connectivity index (χ4v) is 4.14. The molecule has 0 aliphatic heterocycles. The van der Waals surface area contributed by atoms with Gasteiger partial charge in [0.2, 0.25) is 0 Å². The molecule has 0 bridgehead atoms. The van der Waals surface area contributed by atoms with Crippen LogP contribution in [0.15, 0.2) is 36.4 Å². The molecule has 2 aromatic carbocycles. The number of rotatable bonds is 8. The van der Waals surface area contributed by atoms with Crippen LogP contribution in [0.1, 0.15) is 34.8 Å². The first-order valence-electron chi connectivity index (χ1n) is 9.96. The van der Waals surface area contributed by atoms with Crippen molar-refractivity contribution in [2.24, 2.45) is 0 Å². The number of hydrogen-bond acceptors (Lipinski definition) is 5. The van der Waals surface area contributed by atoms with E-state index in [0.29, 0.717) is 18.7 Å².